The van der Waals surface area contributed by atoms with Crippen LogP contribution in [0.2, 0.25) is 0 Å². The van der Waals surface area contributed by atoms with Crippen molar-refractivity contribution in [3.8, 4) is 17.2 Å². The lowest BCUT2D eigenvalue weighted by atomic mass is 10.1. The maximum Gasteiger partial charge on any atom is 0.251 e. The van der Waals surface area contributed by atoms with Gasteiger partial charge in [0.25, 0.3) is 5.91 Å². The second-order valence-electron chi connectivity index (χ2n) is 6.62. The van der Waals surface area contributed by atoms with Crippen LogP contribution >= 0.6 is 0 Å². The van der Waals surface area contributed by atoms with Crippen molar-refractivity contribution in [1.82, 2.24) is 15.2 Å². The Hall–Kier alpha value is -3.29. The first-order valence-electron chi connectivity index (χ1n) is 9.36. The molecule has 1 aliphatic heterocycles. The van der Waals surface area contributed by atoms with E-state index in [4.69, 9.17) is 14.2 Å². The first-order chi connectivity index (χ1) is 14.1. The molecule has 3 rings (SSSR count). The van der Waals surface area contributed by atoms with Crippen molar-refractivity contribution < 1.29 is 23.8 Å². The summed E-state index contributed by atoms with van der Waals surface area (Å²) in [7, 11) is 4.46. The van der Waals surface area contributed by atoms with Gasteiger partial charge in [-0.25, -0.2) is 0 Å². The van der Waals surface area contributed by atoms with Gasteiger partial charge in [-0.15, -0.1) is 0 Å². The van der Waals surface area contributed by atoms with Gasteiger partial charge in [0.2, 0.25) is 11.7 Å². The molecule has 0 radical (unpaired) electrons. The number of hydrogen-bond acceptors (Lipinski definition) is 6. The number of ether oxygens (including phenoxy) is 3. The number of benzene rings is 1. The molecular weight excluding hydrogens is 374 g/mol. The zero-order valence-corrected chi connectivity index (χ0v) is 16.8. The topological polar surface area (TPSA) is 90.0 Å². The molecule has 2 heterocycles. The van der Waals surface area contributed by atoms with Crippen LogP contribution < -0.4 is 19.5 Å². The molecule has 1 aromatic heterocycles. The highest BCUT2D eigenvalue weighted by molar-refractivity contribution is 5.97. The zero-order chi connectivity index (χ0) is 20.8. The summed E-state index contributed by atoms with van der Waals surface area (Å²) in [6.45, 7) is 0.586. The number of amides is 2. The maximum absolute atomic E-state index is 12.7. The summed E-state index contributed by atoms with van der Waals surface area (Å²) in [5, 5.41) is 2.69. The van der Waals surface area contributed by atoms with Crippen LogP contribution in [-0.4, -0.2) is 56.1 Å². The Balaban J connectivity index is 1.68. The Morgan fingerprint density at radius 2 is 1.76 bits per heavy atom. The molecular formula is C21H25N3O5. The van der Waals surface area contributed by atoms with Crippen molar-refractivity contribution in [3.05, 3.63) is 47.8 Å². The number of pyridine rings is 1. The Morgan fingerprint density at radius 1 is 1.10 bits per heavy atom. The Labute approximate surface area is 169 Å². The second-order valence-corrected chi connectivity index (χ2v) is 6.62. The van der Waals surface area contributed by atoms with E-state index in [2.05, 4.69) is 10.3 Å². The highest BCUT2D eigenvalue weighted by Gasteiger charge is 2.30. The molecule has 2 amide bonds. The van der Waals surface area contributed by atoms with Crippen molar-refractivity contribution >= 4 is 11.8 Å². The smallest absolute Gasteiger partial charge is 0.251 e. The molecule has 8 nitrogen and oxygen atoms in total. The average Bonchev–Trinajstić information content (AvgIpc) is 3.26. The Morgan fingerprint density at radius 3 is 2.34 bits per heavy atom. The molecule has 1 fully saturated rings. The van der Waals surface area contributed by atoms with Gasteiger partial charge in [0.1, 0.15) is 0 Å². The third-order valence-electron chi connectivity index (χ3n) is 4.99. The van der Waals surface area contributed by atoms with Crippen LogP contribution in [0.4, 0.5) is 0 Å². The number of carbonyl (C=O) groups excluding carboxylic acids is 2. The van der Waals surface area contributed by atoms with Gasteiger partial charge >= 0.3 is 0 Å². The van der Waals surface area contributed by atoms with Gasteiger partial charge in [-0.3, -0.25) is 14.6 Å². The summed E-state index contributed by atoms with van der Waals surface area (Å²) < 4.78 is 15.8. The molecule has 0 saturated carbocycles. The van der Waals surface area contributed by atoms with E-state index in [1.165, 1.54) is 21.3 Å². The maximum atomic E-state index is 12.7. The molecule has 1 aromatic carbocycles. The van der Waals surface area contributed by atoms with E-state index < -0.39 is 5.91 Å². The predicted octanol–water partition coefficient (Wildman–Crippen LogP) is 2.20. The predicted molar refractivity (Wildman–Crippen MR) is 106 cm³/mol. The van der Waals surface area contributed by atoms with Gasteiger partial charge in [0.15, 0.2) is 11.5 Å². The molecule has 1 atom stereocenters. The molecule has 1 unspecified atom stereocenters. The molecule has 0 aliphatic carbocycles. The molecule has 1 aliphatic rings. The minimum atomic E-state index is -0.391. The molecule has 0 bridgehead atoms. The molecule has 154 valence electrons. The van der Waals surface area contributed by atoms with Gasteiger partial charge in [0.05, 0.1) is 33.9 Å². The Bertz CT molecular complexity index is 847. The van der Waals surface area contributed by atoms with Crippen LogP contribution in [0.15, 0.2) is 36.7 Å². The van der Waals surface area contributed by atoms with Gasteiger partial charge in [-0.2, -0.15) is 0 Å². The number of carbonyl (C=O) groups is 2. The summed E-state index contributed by atoms with van der Waals surface area (Å²) in [6, 6.07) is 6.96. The molecule has 1 saturated heterocycles. The number of rotatable bonds is 7. The molecule has 1 N–H and O–H groups in total. The Kier molecular flexibility index (Phi) is 6.54. The largest absolute Gasteiger partial charge is 0.493 e. The fourth-order valence-electron chi connectivity index (χ4n) is 3.57. The van der Waals surface area contributed by atoms with Crippen LogP contribution in [0.1, 0.15) is 34.8 Å². The lowest BCUT2D eigenvalue weighted by molar-refractivity contribution is -0.131. The van der Waals surface area contributed by atoms with Crippen molar-refractivity contribution in [2.45, 2.75) is 18.9 Å². The van der Waals surface area contributed by atoms with Crippen molar-refractivity contribution in [3.63, 3.8) is 0 Å². The van der Waals surface area contributed by atoms with Crippen LogP contribution in [0.5, 0.6) is 17.2 Å². The molecule has 0 spiro atoms. The van der Waals surface area contributed by atoms with Crippen molar-refractivity contribution in [1.29, 1.82) is 0 Å². The fourth-order valence-corrected chi connectivity index (χ4v) is 3.57. The minimum Gasteiger partial charge on any atom is -0.493 e. The summed E-state index contributed by atoms with van der Waals surface area (Å²) in [4.78, 5) is 31.2. The fraction of sp³-hybridized carbons (Fsp3) is 0.381. The summed E-state index contributed by atoms with van der Waals surface area (Å²) in [5.41, 5.74) is 1.38. The van der Waals surface area contributed by atoms with Crippen LogP contribution in [0.25, 0.3) is 0 Å². The van der Waals surface area contributed by atoms with Crippen molar-refractivity contribution in [2.24, 2.45) is 0 Å². The van der Waals surface area contributed by atoms with Gasteiger partial charge in [0, 0.05) is 24.5 Å². The third-order valence-corrected chi connectivity index (χ3v) is 4.99. The van der Waals surface area contributed by atoms with Gasteiger partial charge in [-0.05, 0) is 42.7 Å². The number of nitrogens with zero attached hydrogens (tertiary/aromatic N) is 2. The number of aromatic nitrogens is 1. The average molecular weight is 399 g/mol. The molecule has 8 heteroatoms. The lowest BCUT2D eigenvalue weighted by Gasteiger charge is -2.25. The van der Waals surface area contributed by atoms with Gasteiger partial charge in [-0.1, -0.05) is 0 Å². The second kappa shape index (κ2) is 9.27. The highest BCUT2D eigenvalue weighted by atomic mass is 16.5. The third kappa shape index (κ3) is 4.42. The quantitative estimate of drug-likeness (QED) is 0.768. The highest BCUT2D eigenvalue weighted by Crippen LogP contribution is 2.38. The van der Waals surface area contributed by atoms with E-state index in [0.29, 0.717) is 29.4 Å². The van der Waals surface area contributed by atoms with E-state index in [1.54, 1.807) is 24.5 Å². The van der Waals surface area contributed by atoms with Crippen LogP contribution in [0.3, 0.4) is 0 Å². The van der Waals surface area contributed by atoms with E-state index >= 15 is 0 Å². The summed E-state index contributed by atoms with van der Waals surface area (Å²) in [6.07, 6.45) is 5.28. The number of nitrogens with one attached hydrogen (secondary N) is 1. The summed E-state index contributed by atoms with van der Waals surface area (Å²) in [5.74, 6) is 0.642. The van der Waals surface area contributed by atoms with E-state index in [-0.39, 0.29) is 18.5 Å². The van der Waals surface area contributed by atoms with E-state index in [0.717, 1.165) is 18.4 Å². The van der Waals surface area contributed by atoms with Crippen molar-refractivity contribution in [2.75, 3.05) is 34.4 Å². The minimum absolute atomic E-state index is 0.0172. The molecule has 2 aromatic rings. The van der Waals surface area contributed by atoms with Crippen LogP contribution in [0, 0.1) is 0 Å². The summed E-state index contributed by atoms with van der Waals surface area (Å²) >= 11 is 0. The van der Waals surface area contributed by atoms with E-state index in [1.807, 2.05) is 17.0 Å². The number of likely N-dealkylation sites (tertiary alicyclic amines) is 1. The van der Waals surface area contributed by atoms with E-state index in [9.17, 15) is 9.59 Å². The lowest BCUT2D eigenvalue weighted by Crippen LogP contribution is -2.39. The number of hydrogen-bond donors (Lipinski definition) is 1. The molecule has 29 heavy (non-hydrogen) atoms. The van der Waals surface area contributed by atoms with Crippen LogP contribution in [-0.2, 0) is 4.79 Å². The van der Waals surface area contributed by atoms with Gasteiger partial charge < -0.3 is 24.4 Å². The SMILES string of the molecule is COc1cc(C(=O)NCC(=O)N2CCCC2c2ccncc2)cc(OC)c1OC. The standard InChI is InChI=1S/C21H25N3O5/c1-27-17-11-15(12-18(28-2)20(17)29-3)21(26)23-13-19(25)24-10-4-5-16(24)14-6-8-22-9-7-14/h6-9,11-12,16H,4-5,10,13H2,1-3H3,(H,23,26). The first-order valence-corrected chi connectivity index (χ1v) is 9.36. The monoisotopic (exact) mass is 399 g/mol. The zero-order valence-electron chi connectivity index (χ0n) is 16.8. The normalized spacial score (nSPS) is 15.7. The number of methoxy groups -OCH3 is 3. The first kappa shape index (κ1) is 20.4.